The highest BCUT2D eigenvalue weighted by molar-refractivity contribution is 8.00. The van der Waals surface area contributed by atoms with Gasteiger partial charge < -0.3 is 5.32 Å². The van der Waals surface area contributed by atoms with Crippen LogP contribution in [0.2, 0.25) is 0 Å². The Labute approximate surface area is 98.8 Å². The average molecular weight is 227 g/mol. The molecule has 2 fully saturated rings. The van der Waals surface area contributed by atoms with Crippen molar-refractivity contribution in [2.24, 2.45) is 5.92 Å². The molecule has 0 bridgehead atoms. The summed E-state index contributed by atoms with van der Waals surface area (Å²) < 4.78 is 0. The van der Waals surface area contributed by atoms with Gasteiger partial charge in [0.15, 0.2) is 0 Å². The molecule has 1 saturated carbocycles. The van der Waals surface area contributed by atoms with Gasteiger partial charge >= 0.3 is 0 Å². The van der Waals surface area contributed by atoms with Gasteiger partial charge in [0.05, 0.1) is 0 Å². The standard InChI is InChI=1S/C13H25NS/c1-2-14-12(13-8-5-9-15-13)10-11-6-3-4-7-11/h11-14H,2-10H2,1H3. The summed E-state index contributed by atoms with van der Waals surface area (Å²) >= 11 is 2.21. The van der Waals surface area contributed by atoms with Crippen LogP contribution in [0.25, 0.3) is 0 Å². The molecule has 2 atom stereocenters. The summed E-state index contributed by atoms with van der Waals surface area (Å²) in [7, 11) is 0. The molecule has 1 aliphatic carbocycles. The van der Waals surface area contributed by atoms with Crippen LogP contribution >= 0.6 is 11.8 Å². The van der Waals surface area contributed by atoms with Gasteiger partial charge in [0.2, 0.25) is 0 Å². The fourth-order valence-electron chi connectivity index (χ4n) is 3.15. The maximum Gasteiger partial charge on any atom is 0.0201 e. The predicted molar refractivity (Wildman–Crippen MR) is 69.5 cm³/mol. The molecule has 0 aromatic rings. The van der Waals surface area contributed by atoms with Crippen LogP contribution in [0.15, 0.2) is 0 Å². The number of nitrogens with one attached hydrogen (secondary N) is 1. The molecule has 0 spiro atoms. The Morgan fingerprint density at radius 2 is 2.00 bits per heavy atom. The van der Waals surface area contributed by atoms with E-state index in [2.05, 4.69) is 24.0 Å². The number of hydrogen-bond donors (Lipinski definition) is 1. The maximum atomic E-state index is 3.73. The van der Waals surface area contributed by atoms with Gasteiger partial charge in [-0.2, -0.15) is 11.8 Å². The lowest BCUT2D eigenvalue weighted by atomic mass is 9.95. The highest BCUT2D eigenvalue weighted by Crippen LogP contribution is 2.35. The highest BCUT2D eigenvalue weighted by Gasteiger charge is 2.28. The van der Waals surface area contributed by atoms with Gasteiger partial charge in [0.1, 0.15) is 0 Å². The van der Waals surface area contributed by atoms with Crippen molar-refractivity contribution in [2.45, 2.75) is 63.2 Å². The second kappa shape index (κ2) is 6.15. The largest absolute Gasteiger partial charge is 0.313 e. The monoisotopic (exact) mass is 227 g/mol. The van der Waals surface area contributed by atoms with Gasteiger partial charge in [-0.3, -0.25) is 0 Å². The molecule has 15 heavy (non-hydrogen) atoms. The molecular formula is C13H25NS. The molecule has 2 heteroatoms. The molecule has 0 amide bonds. The molecule has 1 nitrogen and oxygen atoms in total. The third-order valence-electron chi connectivity index (χ3n) is 3.94. The molecule has 2 aliphatic rings. The summed E-state index contributed by atoms with van der Waals surface area (Å²) in [5, 5.41) is 4.65. The first-order valence-electron chi connectivity index (χ1n) is 6.75. The maximum absolute atomic E-state index is 3.73. The van der Waals surface area contributed by atoms with Gasteiger partial charge in [-0.05, 0) is 37.5 Å². The van der Waals surface area contributed by atoms with Crippen LogP contribution < -0.4 is 5.32 Å². The smallest absolute Gasteiger partial charge is 0.0201 e. The van der Waals surface area contributed by atoms with Gasteiger partial charge in [-0.25, -0.2) is 0 Å². The minimum Gasteiger partial charge on any atom is -0.313 e. The zero-order valence-corrected chi connectivity index (χ0v) is 10.8. The lowest BCUT2D eigenvalue weighted by Gasteiger charge is -2.26. The Kier molecular flexibility index (Phi) is 4.83. The molecule has 2 unspecified atom stereocenters. The molecule has 0 aromatic heterocycles. The lowest BCUT2D eigenvalue weighted by molar-refractivity contribution is 0.380. The topological polar surface area (TPSA) is 12.0 Å². The Morgan fingerprint density at radius 3 is 2.60 bits per heavy atom. The van der Waals surface area contributed by atoms with Gasteiger partial charge in [-0.15, -0.1) is 0 Å². The van der Waals surface area contributed by atoms with E-state index in [9.17, 15) is 0 Å². The van der Waals surface area contributed by atoms with Crippen molar-refractivity contribution in [1.82, 2.24) is 5.32 Å². The fraction of sp³-hybridized carbons (Fsp3) is 1.00. The second-order valence-corrected chi connectivity index (χ2v) is 6.45. The summed E-state index contributed by atoms with van der Waals surface area (Å²) in [5.41, 5.74) is 0. The molecule has 1 aliphatic heterocycles. The quantitative estimate of drug-likeness (QED) is 0.772. The number of hydrogen-bond acceptors (Lipinski definition) is 2. The molecule has 0 radical (unpaired) electrons. The van der Waals surface area contributed by atoms with Crippen molar-refractivity contribution >= 4 is 11.8 Å². The van der Waals surface area contributed by atoms with Gasteiger partial charge in [0, 0.05) is 11.3 Å². The van der Waals surface area contributed by atoms with Crippen LogP contribution in [-0.4, -0.2) is 23.6 Å². The molecule has 88 valence electrons. The molecule has 1 heterocycles. The van der Waals surface area contributed by atoms with E-state index in [-0.39, 0.29) is 0 Å². The molecule has 1 saturated heterocycles. The van der Waals surface area contributed by atoms with Crippen LogP contribution in [0.3, 0.4) is 0 Å². The average Bonchev–Trinajstić information content (AvgIpc) is 2.89. The molecule has 2 rings (SSSR count). The third kappa shape index (κ3) is 3.39. The minimum absolute atomic E-state index is 0.811. The van der Waals surface area contributed by atoms with Crippen LogP contribution in [-0.2, 0) is 0 Å². The van der Waals surface area contributed by atoms with E-state index in [1.54, 1.807) is 0 Å². The second-order valence-electron chi connectivity index (χ2n) is 5.10. The van der Waals surface area contributed by atoms with Crippen LogP contribution in [0.1, 0.15) is 51.9 Å². The summed E-state index contributed by atoms with van der Waals surface area (Å²) in [6.45, 7) is 3.40. The van der Waals surface area contributed by atoms with Crippen LogP contribution in [0.5, 0.6) is 0 Å². The van der Waals surface area contributed by atoms with Crippen molar-refractivity contribution in [2.75, 3.05) is 12.3 Å². The van der Waals surface area contributed by atoms with E-state index in [1.165, 1.54) is 50.7 Å². The minimum atomic E-state index is 0.811. The SMILES string of the molecule is CCNC(CC1CCCC1)C1CCCS1. The summed E-state index contributed by atoms with van der Waals surface area (Å²) in [6.07, 6.45) is 10.3. The number of rotatable bonds is 5. The highest BCUT2D eigenvalue weighted by atomic mass is 32.2. The first-order valence-corrected chi connectivity index (χ1v) is 7.80. The van der Waals surface area contributed by atoms with Crippen molar-refractivity contribution in [3.05, 3.63) is 0 Å². The van der Waals surface area contributed by atoms with Crippen molar-refractivity contribution in [3.63, 3.8) is 0 Å². The zero-order chi connectivity index (χ0) is 10.5. The Hall–Kier alpha value is 0.310. The van der Waals surface area contributed by atoms with E-state index in [0.717, 1.165) is 23.8 Å². The third-order valence-corrected chi connectivity index (χ3v) is 5.46. The van der Waals surface area contributed by atoms with Crippen LogP contribution in [0.4, 0.5) is 0 Å². The first-order chi connectivity index (χ1) is 7.40. The summed E-state index contributed by atoms with van der Waals surface area (Å²) in [4.78, 5) is 0. The first kappa shape index (κ1) is 11.8. The Balaban J connectivity index is 1.81. The fourth-order valence-corrected chi connectivity index (χ4v) is 4.56. The van der Waals surface area contributed by atoms with E-state index in [0.29, 0.717) is 0 Å². The Morgan fingerprint density at radius 1 is 1.20 bits per heavy atom. The Bertz CT molecular complexity index is 171. The van der Waals surface area contributed by atoms with Crippen LogP contribution in [0, 0.1) is 5.92 Å². The molecular weight excluding hydrogens is 202 g/mol. The molecule has 1 N–H and O–H groups in total. The summed E-state index contributed by atoms with van der Waals surface area (Å²) in [6, 6.07) is 0.811. The zero-order valence-electron chi connectivity index (χ0n) is 10.0. The summed E-state index contributed by atoms with van der Waals surface area (Å²) in [5.74, 6) is 2.44. The van der Waals surface area contributed by atoms with Gasteiger partial charge in [0.25, 0.3) is 0 Å². The normalized spacial score (nSPS) is 29.8. The van der Waals surface area contributed by atoms with E-state index in [4.69, 9.17) is 0 Å². The predicted octanol–water partition coefficient (Wildman–Crippen LogP) is 3.44. The lowest BCUT2D eigenvalue weighted by Crippen LogP contribution is -2.38. The van der Waals surface area contributed by atoms with Gasteiger partial charge in [-0.1, -0.05) is 32.6 Å². The van der Waals surface area contributed by atoms with E-state index < -0.39 is 0 Å². The van der Waals surface area contributed by atoms with Crippen molar-refractivity contribution in [3.8, 4) is 0 Å². The number of thioether (sulfide) groups is 1. The van der Waals surface area contributed by atoms with Crippen molar-refractivity contribution < 1.29 is 0 Å². The molecule has 0 aromatic carbocycles. The van der Waals surface area contributed by atoms with E-state index >= 15 is 0 Å². The van der Waals surface area contributed by atoms with Crippen molar-refractivity contribution in [1.29, 1.82) is 0 Å². The van der Waals surface area contributed by atoms with E-state index in [1.807, 2.05) is 0 Å².